The van der Waals surface area contributed by atoms with Crippen molar-refractivity contribution in [1.82, 2.24) is 19.9 Å². The van der Waals surface area contributed by atoms with Gasteiger partial charge >= 0.3 is 5.69 Å². The van der Waals surface area contributed by atoms with Gasteiger partial charge in [0.25, 0.3) is 11.5 Å². The predicted molar refractivity (Wildman–Crippen MR) is 121 cm³/mol. The number of thiophene rings is 1. The van der Waals surface area contributed by atoms with Gasteiger partial charge in [0.15, 0.2) is 0 Å². The molecule has 0 aliphatic carbocycles. The van der Waals surface area contributed by atoms with Crippen LogP contribution in [0.4, 0.5) is 0 Å². The van der Waals surface area contributed by atoms with E-state index in [0.29, 0.717) is 11.4 Å². The fourth-order valence-electron chi connectivity index (χ4n) is 2.95. The van der Waals surface area contributed by atoms with Crippen LogP contribution in [0.25, 0.3) is 15.6 Å². The van der Waals surface area contributed by atoms with Crippen molar-refractivity contribution in [1.29, 1.82) is 0 Å². The quantitative estimate of drug-likeness (QED) is 0.466. The van der Waals surface area contributed by atoms with Gasteiger partial charge in [-0.05, 0) is 42.6 Å². The smallest absolute Gasteiger partial charge is 0.333 e. The average Bonchev–Trinajstić information content (AvgIpc) is 3.42. The normalized spacial score (nSPS) is 10.8. The Morgan fingerprint density at radius 1 is 1.23 bits per heavy atom. The molecular weight excluding hydrogens is 436 g/mol. The zero-order valence-corrected chi connectivity index (χ0v) is 18.3. The van der Waals surface area contributed by atoms with Crippen LogP contribution in [0.5, 0.6) is 5.75 Å². The van der Waals surface area contributed by atoms with Gasteiger partial charge in [0, 0.05) is 11.1 Å². The molecule has 3 heterocycles. The van der Waals surface area contributed by atoms with Gasteiger partial charge in [-0.3, -0.25) is 9.59 Å². The Labute approximate surface area is 184 Å². The van der Waals surface area contributed by atoms with Crippen LogP contribution in [0.15, 0.2) is 57.6 Å². The Kier molecular flexibility index (Phi) is 5.83. The molecule has 0 saturated heterocycles. The van der Waals surface area contributed by atoms with Crippen LogP contribution >= 0.6 is 22.7 Å². The second kappa shape index (κ2) is 8.70. The number of benzene rings is 1. The molecule has 31 heavy (non-hydrogen) atoms. The number of ether oxygens (including phenoxy) is 1. The highest BCUT2D eigenvalue weighted by Gasteiger charge is 2.17. The number of nitrogens with zero attached hydrogens (tertiary/aromatic N) is 2. The van der Waals surface area contributed by atoms with Crippen molar-refractivity contribution in [2.24, 2.45) is 0 Å². The minimum atomic E-state index is -0.702. The molecule has 0 radical (unpaired) electrons. The van der Waals surface area contributed by atoms with Gasteiger partial charge in [-0.15, -0.1) is 22.7 Å². The predicted octanol–water partition coefficient (Wildman–Crippen LogP) is 2.96. The molecule has 10 heteroatoms. The number of H-pyrrole nitrogens is 1. The van der Waals surface area contributed by atoms with E-state index >= 15 is 0 Å². The van der Waals surface area contributed by atoms with Crippen LogP contribution in [-0.2, 0) is 6.54 Å². The number of aromatic amines is 1. The van der Waals surface area contributed by atoms with Gasteiger partial charge in [-0.25, -0.2) is 14.3 Å². The number of methoxy groups -OCH3 is 1. The maximum atomic E-state index is 12.9. The Morgan fingerprint density at radius 2 is 2.00 bits per heavy atom. The van der Waals surface area contributed by atoms with E-state index in [-0.39, 0.29) is 12.1 Å². The van der Waals surface area contributed by atoms with Gasteiger partial charge < -0.3 is 15.0 Å². The summed E-state index contributed by atoms with van der Waals surface area (Å²) in [6.07, 6.45) is 1.14. The zero-order chi connectivity index (χ0) is 22.0. The number of hydrogen-bond donors (Lipinski definition) is 2. The number of amides is 1. The van der Waals surface area contributed by atoms with Crippen LogP contribution in [0, 0.1) is 6.92 Å². The average molecular weight is 455 g/mol. The van der Waals surface area contributed by atoms with Crippen LogP contribution < -0.4 is 21.3 Å². The molecule has 0 spiro atoms. The van der Waals surface area contributed by atoms with Crippen molar-refractivity contribution >= 4 is 28.6 Å². The number of nitrogens with one attached hydrogen (secondary N) is 2. The molecule has 4 aromatic rings. The first-order valence-electron chi connectivity index (χ1n) is 9.25. The topological polar surface area (TPSA) is 106 Å². The number of aromatic nitrogens is 3. The minimum absolute atomic E-state index is 0.156. The lowest BCUT2D eigenvalue weighted by atomic mass is 10.2. The lowest BCUT2D eigenvalue weighted by Crippen LogP contribution is -2.39. The molecule has 0 aliphatic heterocycles. The molecule has 0 aliphatic rings. The van der Waals surface area contributed by atoms with Gasteiger partial charge in [0.1, 0.15) is 16.3 Å². The maximum absolute atomic E-state index is 12.9. The molecule has 4 rings (SSSR count). The number of aryl methyl sites for hydroxylation is 1. The van der Waals surface area contributed by atoms with Gasteiger partial charge in [-0.2, -0.15) is 0 Å². The summed E-state index contributed by atoms with van der Waals surface area (Å²) in [5.74, 6) is 0.0120. The Bertz CT molecular complexity index is 1340. The van der Waals surface area contributed by atoms with Crippen molar-refractivity contribution in [3.05, 3.63) is 84.9 Å². The van der Waals surface area contributed by atoms with E-state index in [9.17, 15) is 14.4 Å². The van der Waals surface area contributed by atoms with Crippen LogP contribution in [0.1, 0.15) is 20.9 Å². The van der Waals surface area contributed by atoms with Gasteiger partial charge in [0.05, 0.1) is 29.9 Å². The molecule has 0 atom stereocenters. The van der Waals surface area contributed by atoms with E-state index in [1.54, 1.807) is 35.6 Å². The number of rotatable bonds is 6. The zero-order valence-electron chi connectivity index (χ0n) is 16.7. The lowest BCUT2D eigenvalue weighted by Gasteiger charge is -2.08. The van der Waals surface area contributed by atoms with Crippen LogP contribution in [0.3, 0.4) is 0 Å². The summed E-state index contributed by atoms with van der Waals surface area (Å²) in [4.78, 5) is 46.8. The highest BCUT2D eigenvalue weighted by atomic mass is 32.1. The summed E-state index contributed by atoms with van der Waals surface area (Å²) in [5, 5.41) is 5.63. The Morgan fingerprint density at radius 3 is 2.68 bits per heavy atom. The summed E-state index contributed by atoms with van der Waals surface area (Å²) < 4.78 is 6.01. The fraction of sp³-hybridized carbons (Fsp3) is 0.143. The SMILES string of the molecule is COc1ccc(-n2c(=O)[nH]cc(C(=O)NCc3sc(-c4cccs4)nc3C)c2=O)cc1. The maximum Gasteiger partial charge on any atom is 0.333 e. The first kappa shape index (κ1) is 20.8. The fourth-order valence-corrected chi connectivity index (χ4v) is 4.75. The second-order valence-electron chi connectivity index (χ2n) is 6.53. The first-order valence-corrected chi connectivity index (χ1v) is 10.9. The monoisotopic (exact) mass is 454 g/mol. The van der Waals surface area contributed by atoms with Crippen molar-refractivity contribution in [2.45, 2.75) is 13.5 Å². The summed E-state index contributed by atoms with van der Waals surface area (Å²) >= 11 is 3.10. The van der Waals surface area contributed by atoms with Crippen LogP contribution in [-0.4, -0.2) is 27.6 Å². The largest absolute Gasteiger partial charge is 0.497 e. The summed E-state index contributed by atoms with van der Waals surface area (Å²) in [5.41, 5.74) is -0.334. The Hall–Kier alpha value is -3.50. The van der Waals surface area contributed by atoms with Gasteiger partial charge in [0.2, 0.25) is 0 Å². The van der Waals surface area contributed by atoms with E-state index in [2.05, 4.69) is 15.3 Å². The molecule has 1 aromatic carbocycles. The highest BCUT2D eigenvalue weighted by Crippen LogP contribution is 2.30. The molecule has 3 aromatic heterocycles. The molecule has 0 unspecified atom stereocenters. The Balaban J connectivity index is 1.57. The summed E-state index contributed by atoms with van der Waals surface area (Å²) in [6, 6.07) is 10.4. The van der Waals surface area contributed by atoms with Crippen molar-refractivity contribution in [2.75, 3.05) is 7.11 Å². The molecule has 2 N–H and O–H groups in total. The van der Waals surface area contributed by atoms with E-state index in [1.165, 1.54) is 18.4 Å². The van der Waals surface area contributed by atoms with Gasteiger partial charge in [-0.1, -0.05) is 6.07 Å². The number of thiazole rings is 1. The van der Waals surface area contributed by atoms with Crippen molar-refractivity contribution in [3.63, 3.8) is 0 Å². The molecule has 0 bridgehead atoms. The van der Waals surface area contributed by atoms with E-state index < -0.39 is 17.2 Å². The molecule has 0 saturated carbocycles. The van der Waals surface area contributed by atoms with E-state index in [4.69, 9.17) is 4.74 Å². The molecule has 158 valence electrons. The molecule has 8 nitrogen and oxygen atoms in total. The lowest BCUT2D eigenvalue weighted by molar-refractivity contribution is 0.0949. The summed E-state index contributed by atoms with van der Waals surface area (Å²) in [6.45, 7) is 2.11. The number of hydrogen-bond acceptors (Lipinski definition) is 7. The van der Waals surface area contributed by atoms with E-state index in [0.717, 1.165) is 31.2 Å². The third kappa shape index (κ3) is 4.21. The molecular formula is C21H18N4O4S2. The summed E-state index contributed by atoms with van der Waals surface area (Å²) in [7, 11) is 1.52. The van der Waals surface area contributed by atoms with Crippen molar-refractivity contribution in [3.8, 4) is 21.3 Å². The third-order valence-electron chi connectivity index (χ3n) is 4.59. The highest BCUT2D eigenvalue weighted by molar-refractivity contribution is 7.21. The minimum Gasteiger partial charge on any atom is -0.497 e. The molecule has 0 fully saturated rings. The second-order valence-corrected chi connectivity index (χ2v) is 8.56. The van der Waals surface area contributed by atoms with E-state index in [1.807, 2.05) is 24.4 Å². The molecule has 1 amide bonds. The first-order chi connectivity index (χ1) is 15.0. The van der Waals surface area contributed by atoms with Crippen molar-refractivity contribution < 1.29 is 9.53 Å². The number of carbonyl (C=O) groups is 1. The van der Waals surface area contributed by atoms with Crippen LogP contribution in [0.2, 0.25) is 0 Å². The third-order valence-corrected chi connectivity index (χ3v) is 6.78. The number of carbonyl (C=O) groups excluding carboxylic acids is 1. The standard InChI is InChI=1S/C21H18N4O4S2/c1-12-17(31-19(24-12)16-4-3-9-30-16)11-22-18(26)15-10-23-21(28)25(20(15)27)13-5-7-14(29-2)8-6-13/h3-10H,11H2,1-2H3,(H,22,26)(H,23,28).